The number of carbonyl (C=O) groups excluding carboxylic acids is 1. The zero-order valence-electron chi connectivity index (χ0n) is 19.2. The van der Waals surface area contributed by atoms with Crippen LogP contribution in [0.15, 0.2) is 50.5 Å². The van der Waals surface area contributed by atoms with Gasteiger partial charge in [-0.3, -0.25) is 0 Å². The summed E-state index contributed by atoms with van der Waals surface area (Å²) in [6, 6.07) is 9.20. The number of hydrogen-bond donors (Lipinski definition) is 1. The predicted octanol–water partition coefficient (Wildman–Crippen LogP) is 3.02. The van der Waals surface area contributed by atoms with E-state index in [9.17, 15) is 18.0 Å². The fourth-order valence-electron chi connectivity index (χ4n) is 3.32. The molecule has 3 rings (SSSR count). The number of sulfonamides is 1. The molecule has 1 amide bonds. The first-order valence-corrected chi connectivity index (χ1v) is 12.1. The molecule has 1 aromatic heterocycles. The van der Waals surface area contributed by atoms with Gasteiger partial charge in [-0.15, -0.1) is 0 Å². The lowest BCUT2D eigenvalue weighted by Crippen LogP contribution is -2.29. The minimum atomic E-state index is -3.79. The third-order valence-electron chi connectivity index (χ3n) is 5.30. The first-order valence-electron chi connectivity index (χ1n) is 10.3. The predicted molar refractivity (Wildman–Crippen MR) is 128 cm³/mol. The summed E-state index contributed by atoms with van der Waals surface area (Å²) in [6.45, 7) is 1.41. The number of benzene rings is 2. The van der Waals surface area contributed by atoms with Crippen LogP contribution in [0.4, 0.5) is 4.79 Å². The Morgan fingerprint density at radius 2 is 1.88 bits per heavy atom. The molecule has 0 aliphatic carbocycles. The zero-order chi connectivity index (χ0) is 25.2. The van der Waals surface area contributed by atoms with Crippen molar-refractivity contribution in [3.8, 4) is 5.75 Å². The van der Waals surface area contributed by atoms with Gasteiger partial charge in [0, 0.05) is 51.1 Å². The molecule has 1 N–H and O–H groups in total. The Bertz CT molecular complexity index is 1400. The molecule has 0 bridgehead atoms. The van der Waals surface area contributed by atoms with Crippen LogP contribution in [0, 0.1) is 6.92 Å². The number of amides is 1. The molecule has 3 aromatic rings. The fraction of sp³-hybridized carbons (Fsp3) is 0.304. The van der Waals surface area contributed by atoms with Gasteiger partial charge in [-0.25, -0.2) is 18.0 Å². The second-order valence-electron chi connectivity index (χ2n) is 7.91. The summed E-state index contributed by atoms with van der Waals surface area (Å²) >= 11 is 6.30. The highest BCUT2D eigenvalue weighted by atomic mass is 35.5. The topological polar surface area (TPSA) is 117 Å². The molecule has 0 aliphatic heterocycles. The number of ether oxygens (including phenoxy) is 1. The highest BCUT2D eigenvalue weighted by Crippen LogP contribution is 2.32. The van der Waals surface area contributed by atoms with Gasteiger partial charge in [-0.05, 0) is 36.2 Å². The summed E-state index contributed by atoms with van der Waals surface area (Å²) in [5, 5.41) is 9.80. The maximum Gasteiger partial charge on any atom is 0.414 e. The molecular weight excluding hydrogens is 484 g/mol. The number of halogens is 1. The van der Waals surface area contributed by atoms with Crippen LogP contribution in [0.25, 0.3) is 11.0 Å². The van der Waals surface area contributed by atoms with E-state index in [4.69, 9.17) is 25.9 Å². The lowest BCUT2D eigenvalue weighted by molar-refractivity contribution is 0.172. The molecule has 0 saturated carbocycles. The maximum absolute atomic E-state index is 12.8. The van der Waals surface area contributed by atoms with Gasteiger partial charge < -0.3 is 19.2 Å². The summed E-state index contributed by atoms with van der Waals surface area (Å²) in [5.74, 6) is 0.0630. The third-order valence-corrected chi connectivity index (χ3v) is 7.45. The van der Waals surface area contributed by atoms with Crippen molar-refractivity contribution in [2.24, 2.45) is 0 Å². The van der Waals surface area contributed by atoms with Gasteiger partial charge in [0.2, 0.25) is 10.0 Å². The van der Waals surface area contributed by atoms with E-state index in [1.54, 1.807) is 25.1 Å². The lowest BCUT2D eigenvalue weighted by Gasteiger charge is -2.16. The standard InChI is InChI=1S/C23H25ClN2O7S/c1-14-17-12-19(24)21(33-23(29)25(2)3)13-20(17)32-22(28)18(14)11-15-6-5-7-16(10-15)34(30,31)26(4)8-9-27/h5-7,10,12-13,27H,8-9,11H2,1-4H3. The highest BCUT2D eigenvalue weighted by molar-refractivity contribution is 7.89. The average molecular weight is 509 g/mol. The highest BCUT2D eigenvalue weighted by Gasteiger charge is 2.21. The number of hydrogen-bond acceptors (Lipinski definition) is 7. The fourth-order valence-corrected chi connectivity index (χ4v) is 4.75. The first kappa shape index (κ1) is 25.7. The van der Waals surface area contributed by atoms with Crippen LogP contribution < -0.4 is 10.4 Å². The Labute approximate surface area is 202 Å². The molecule has 11 heteroatoms. The van der Waals surface area contributed by atoms with E-state index in [0.29, 0.717) is 22.1 Å². The van der Waals surface area contributed by atoms with Crippen molar-refractivity contribution in [1.29, 1.82) is 0 Å². The quantitative estimate of drug-likeness (QED) is 0.487. The van der Waals surface area contributed by atoms with Gasteiger partial charge in [0.1, 0.15) is 5.58 Å². The van der Waals surface area contributed by atoms with Crippen molar-refractivity contribution in [3.63, 3.8) is 0 Å². The van der Waals surface area contributed by atoms with Gasteiger partial charge in [-0.2, -0.15) is 4.31 Å². The van der Waals surface area contributed by atoms with Gasteiger partial charge in [0.05, 0.1) is 16.5 Å². The molecule has 0 fully saturated rings. The molecule has 0 unspecified atom stereocenters. The molecule has 0 aliphatic rings. The summed E-state index contributed by atoms with van der Waals surface area (Å²) in [6.07, 6.45) is -0.497. The molecule has 0 radical (unpaired) electrons. The second kappa shape index (κ2) is 10.1. The molecule has 1 heterocycles. The number of fused-ring (bicyclic) bond motifs is 1. The zero-order valence-corrected chi connectivity index (χ0v) is 20.7. The van der Waals surface area contributed by atoms with Crippen LogP contribution in [-0.4, -0.2) is 63.1 Å². The van der Waals surface area contributed by atoms with Crippen LogP contribution in [0.1, 0.15) is 16.7 Å². The van der Waals surface area contributed by atoms with E-state index in [-0.39, 0.29) is 40.8 Å². The van der Waals surface area contributed by atoms with Crippen LogP contribution in [-0.2, 0) is 16.4 Å². The van der Waals surface area contributed by atoms with E-state index >= 15 is 0 Å². The molecule has 0 saturated heterocycles. The number of nitrogens with zero attached hydrogens (tertiary/aromatic N) is 2. The minimum Gasteiger partial charge on any atom is -0.422 e. The molecule has 2 aromatic carbocycles. The molecule has 0 spiro atoms. The summed E-state index contributed by atoms with van der Waals surface area (Å²) in [5.41, 5.74) is 1.17. The van der Waals surface area contributed by atoms with Crippen LogP contribution in [0.2, 0.25) is 5.02 Å². The molecule has 0 atom stereocenters. The van der Waals surface area contributed by atoms with E-state index in [1.165, 1.54) is 44.2 Å². The largest absolute Gasteiger partial charge is 0.422 e. The second-order valence-corrected chi connectivity index (χ2v) is 10.4. The van der Waals surface area contributed by atoms with E-state index in [2.05, 4.69) is 0 Å². The third kappa shape index (κ3) is 5.25. The molecule has 182 valence electrons. The van der Waals surface area contributed by atoms with Crippen molar-refractivity contribution in [1.82, 2.24) is 9.21 Å². The van der Waals surface area contributed by atoms with Crippen LogP contribution >= 0.6 is 11.6 Å². The maximum atomic E-state index is 12.8. The first-order chi connectivity index (χ1) is 15.9. The van der Waals surface area contributed by atoms with Crippen molar-refractivity contribution in [3.05, 3.63) is 68.5 Å². The molecule has 34 heavy (non-hydrogen) atoms. The number of aliphatic hydroxyl groups excluding tert-OH is 1. The van der Waals surface area contributed by atoms with E-state index in [1.807, 2.05) is 0 Å². The molecular formula is C23H25ClN2O7S. The van der Waals surface area contributed by atoms with Crippen LogP contribution in [0.3, 0.4) is 0 Å². The number of carbonyl (C=O) groups is 1. The van der Waals surface area contributed by atoms with Crippen molar-refractivity contribution < 1.29 is 27.5 Å². The normalized spacial score (nSPS) is 11.7. The lowest BCUT2D eigenvalue weighted by atomic mass is 9.99. The summed E-state index contributed by atoms with van der Waals surface area (Å²) in [4.78, 5) is 25.9. The van der Waals surface area contributed by atoms with Gasteiger partial charge in [0.25, 0.3) is 0 Å². The Kier molecular flexibility index (Phi) is 7.67. The summed E-state index contributed by atoms with van der Waals surface area (Å²) in [7, 11) is 0.648. The molecule has 9 nitrogen and oxygen atoms in total. The van der Waals surface area contributed by atoms with Gasteiger partial charge >= 0.3 is 11.7 Å². The SMILES string of the molecule is Cc1c(Cc2cccc(S(=O)(=O)N(C)CCO)c2)c(=O)oc2cc(OC(=O)N(C)C)c(Cl)cc12. The number of aryl methyl sites for hydroxylation is 1. The van der Waals surface area contributed by atoms with Crippen LogP contribution in [0.5, 0.6) is 5.75 Å². The Hall–Kier alpha value is -2.92. The summed E-state index contributed by atoms with van der Waals surface area (Å²) < 4.78 is 37.2. The smallest absolute Gasteiger partial charge is 0.414 e. The number of likely N-dealkylation sites (N-methyl/N-ethyl adjacent to an activating group) is 1. The van der Waals surface area contributed by atoms with E-state index in [0.717, 1.165) is 4.31 Å². The van der Waals surface area contributed by atoms with Crippen molar-refractivity contribution >= 4 is 38.7 Å². The van der Waals surface area contributed by atoms with Gasteiger partial charge in [0.15, 0.2) is 5.75 Å². The van der Waals surface area contributed by atoms with E-state index < -0.39 is 21.7 Å². The minimum absolute atomic E-state index is 0.0352. The average Bonchev–Trinajstić information content (AvgIpc) is 2.78. The van der Waals surface area contributed by atoms with Gasteiger partial charge in [-0.1, -0.05) is 23.7 Å². The Balaban J connectivity index is 2.00. The number of rotatable bonds is 7. The Morgan fingerprint density at radius 1 is 1.18 bits per heavy atom. The monoisotopic (exact) mass is 508 g/mol. The van der Waals surface area contributed by atoms with Crippen molar-refractivity contribution in [2.45, 2.75) is 18.2 Å². The van der Waals surface area contributed by atoms with Crippen molar-refractivity contribution in [2.75, 3.05) is 34.3 Å². The number of aliphatic hydroxyl groups is 1. The Morgan fingerprint density at radius 3 is 2.53 bits per heavy atom.